The quantitative estimate of drug-likeness (QED) is 0.738. The smallest absolute Gasteiger partial charge is 0.222 e. The van der Waals surface area contributed by atoms with Gasteiger partial charge in [-0.05, 0) is 59.0 Å². The molecular weight excluding hydrogens is 314 g/mol. The second-order valence-electron chi connectivity index (χ2n) is 9.57. The van der Waals surface area contributed by atoms with Crippen LogP contribution in [0.25, 0.3) is 0 Å². The fraction of sp³-hybridized carbons (Fsp3) is 0.900. The lowest BCUT2D eigenvalue weighted by Gasteiger charge is -2.32. The first-order valence-electron chi connectivity index (χ1n) is 9.67. The highest BCUT2D eigenvalue weighted by Crippen LogP contribution is 2.21. The van der Waals surface area contributed by atoms with Crippen molar-refractivity contribution in [2.75, 3.05) is 26.7 Å². The molecule has 1 fully saturated rings. The van der Waals surface area contributed by atoms with Crippen molar-refractivity contribution in [1.29, 1.82) is 0 Å². The van der Waals surface area contributed by atoms with Gasteiger partial charge in [0.25, 0.3) is 0 Å². The Labute approximate surface area is 154 Å². The Balaban J connectivity index is 2.58. The van der Waals surface area contributed by atoms with E-state index in [4.69, 9.17) is 0 Å². The molecule has 0 aromatic carbocycles. The van der Waals surface area contributed by atoms with Crippen molar-refractivity contribution in [2.24, 2.45) is 11.3 Å². The molecule has 0 bridgehead atoms. The minimum atomic E-state index is -0.410. The number of hydrogen-bond donors (Lipinski definition) is 2. The number of amides is 1. The average molecular weight is 354 g/mol. The number of nitrogens with zero attached hydrogens (tertiary/aromatic N) is 1. The summed E-state index contributed by atoms with van der Waals surface area (Å²) in [5.41, 5.74) is -0.567. The van der Waals surface area contributed by atoms with Crippen LogP contribution in [0.3, 0.4) is 0 Å². The Hall–Kier alpha value is -0.940. The molecule has 1 rings (SSSR count). The van der Waals surface area contributed by atoms with Gasteiger partial charge in [0.2, 0.25) is 5.91 Å². The second kappa shape index (κ2) is 9.13. The maximum Gasteiger partial charge on any atom is 0.222 e. The number of piperidine rings is 1. The molecule has 0 aromatic rings. The predicted molar refractivity (Wildman–Crippen MR) is 104 cm³/mol. The van der Waals surface area contributed by atoms with Crippen LogP contribution >= 0.6 is 0 Å². The molecule has 1 aliphatic rings. The van der Waals surface area contributed by atoms with Gasteiger partial charge in [-0.15, -0.1) is 0 Å². The first-order valence-corrected chi connectivity index (χ1v) is 9.67. The fourth-order valence-corrected chi connectivity index (χ4v) is 3.33. The van der Waals surface area contributed by atoms with Crippen LogP contribution in [0.15, 0.2) is 0 Å². The zero-order valence-corrected chi connectivity index (χ0v) is 17.4. The van der Waals surface area contributed by atoms with Crippen LogP contribution in [0.5, 0.6) is 0 Å². The Morgan fingerprint density at radius 1 is 1.12 bits per heavy atom. The van der Waals surface area contributed by atoms with E-state index < -0.39 is 5.41 Å². The molecule has 0 radical (unpaired) electrons. The summed E-state index contributed by atoms with van der Waals surface area (Å²) in [7, 11) is 1.89. The second-order valence-corrected chi connectivity index (χ2v) is 9.57. The number of hydrogen-bond acceptors (Lipinski definition) is 4. The number of carbonyl (C=O) groups excluding carboxylic acids is 2. The first kappa shape index (κ1) is 22.1. The number of carbonyl (C=O) groups is 2. The van der Waals surface area contributed by atoms with E-state index in [-0.39, 0.29) is 23.3 Å². The molecule has 0 unspecified atom stereocenters. The fourth-order valence-electron chi connectivity index (χ4n) is 3.33. The van der Waals surface area contributed by atoms with Gasteiger partial charge < -0.3 is 15.5 Å². The molecule has 25 heavy (non-hydrogen) atoms. The third-order valence-corrected chi connectivity index (χ3v) is 4.73. The largest absolute Gasteiger partial charge is 0.345 e. The standard InChI is InChI=1S/C20H39N3O2/c1-19(2,3)18(25)16(22-20(4,5)6)8-9-17(24)23(7)14-15-10-12-21-13-11-15/h15-16,21-22H,8-14H2,1-7H3/t16-/m0/s1. The van der Waals surface area contributed by atoms with Crippen molar-refractivity contribution in [2.45, 2.75) is 78.8 Å². The third kappa shape index (κ3) is 8.32. The maximum atomic E-state index is 12.7. The average Bonchev–Trinajstić information content (AvgIpc) is 2.49. The van der Waals surface area contributed by atoms with Crippen LogP contribution < -0.4 is 10.6 Å². The molecule has 146 valence electrons. The summed E-state index contributed by atoms with van der Waals surface area (Å²) in [5, 5.41) is 6.77. The first-order chi connectivity index (χ1) is 11.4. The Bertz CT molecular complexity index is 443. The molecule has 5 nitrogen and oxygen atoms in total. The highest BCUT2D eigenvalue weighted by molar-refractivity contribution is 5.89. The lowest BCUT2D eigenvalue weighted by atomic mass is 9.84. The van der Waals surface area contributed by atoms with Gasteiger partial charge in [0.15, 0.2) is 5.78 Å². The molecule has 1 saturated heterocycles. The van der Waals surface area contributed by atoms with Gasteiger partial charge in [-0.1, -0.05) is 20.8 Å². The summed E-state index contributed by atoms with van der Waals surface area (Å²) in [6, 6.07) is -0.281. The van der Waals surface area contributed by atoms with Crippen molar-refractivity contribution in [1.82, 2.24) is 15.5 Å². The van der Waals surface area contributed by atoms with Crippen molar-refractivity contribution in [3.63, 3.8) is 0 Å². The van der Waals surface area contributed by atoms with E-state index in [1.807, 2.05) is 32.7 Å². The van der Waals surface area contributed by atoms with Crippen LogP contribution in [-0.2, 0) is 9.59 Å². The van der Waals surface area contributed by atoms with Gasteiger partial charge >= 0.3 is 0 Å². The predicted octanol–water partition coefficient (Wildman–Crippen LogP) is 2.60. The van der Waals surface area contributed by atoms with Crippen molar-refractivity contribution in [3.8, 4) is 0 Å². The highest BCUT2D eigenvalue weighted by Gasteiger charge is 2.32. The van der Waals surface area contributed by atoms with Crippen molar-refractivity contribution < 1.29 is 9.59 Å². The van der Waals surface area contributed by atoms with Gasteiger partial charge in [-0.2, -0.15) is 0 Å². The summed E-state index contributed by atoms with van der Waals surface area (Å²) >= 11 is 0. The van der Waals surface area contributed by atoms with Gasteiger partial charge in [-0.3, -0.25) is 9.59 Å². The van der Waals surface area contributed by atoms with Crippen LogP contribution in [0.2, 0.25) is 0 Å². The van der Waals surface area contributed by atoms with Gasteiger partial charge in [0.05, 0.1) is 6.04 Å². The summed E-state index contributed by atoms with van der Waals surface area (Å²) in [6.45, 7) is 14.9. The molecule has 0 aliphatic carbocycles. The zero-order chi connectivity index (χ0) is 19.3. The lowest BCUT2D eigenvalue weighted by molar-refractivity contribution is -0.132. The zero-order valence-electron chi connectivity index (χ0n) is 17.4. The topological polar surface area (TPSA) is 61.4 Å². The normalized spacial score (nSPS) is 18.0. The van der Waals surface area contributed by atoms with Crippen LogP contribution in [-0.4, -0.2) is 54.9 Å². The molecule has 0 spiro atoms. The summed E-state index contributed by atoms with van der Waals surface area (Å²) in [4.78, 5) is 27.1. The van der Waals surface area contributed by atoms with Crippen LogP contribution in [0.4, 0.5) is 0 Å². The SMILES string of the molecule is CN(CC1CCNCC1)C(=O)CC[C@H](NC(C)(C)C)C(=O)C(C)(C)C. The van der Waals surface area contributed by atoms with E-state index in [1.165, 1.54) is 0 Å². The van der Waals surface area contributed by atoms with Gasteiger partial charge in [-0.25, -0.2) is 0 Å². The van der Waals surface area contributed by atoms with E-state index in [2.05, 4.69) is 31.4 Å². The minimum Gasteiger partial charge on any atom is -0.345 e. The van der Waals surface area contributed by atoms with E-state index in [1.54, 1.807) is 0 Å². The molecule has 2 N–H and O–H groups in total. The molecule has 0 saturated carbocycles. The highest BCUT2D eigenvalue weighted by atomic mass is 16.2. The number of rotatable bonds is 7. The van der Waals surface area contributed by atoms with E-state index in [9.17, 15) is 9.59 Å². The van der Waals surface area contributed by atoms with Gasteiger partial charge in [0, 0.05) is 31.0 Å². The van der Waals surface area contributed by atoms with E-state index in [0.29, 0.717) is 18.8 Å². The summed E-state index contributed by atoms with van der Waals surface area (Å²) in [5.74, 6) is 0.909. The van der Waals surface area contributed by atoms with E-state index >= 15 is 0 Å². The molecule has 1 amide bonds. The third-order valence-electron chi connectivity index (χ3n) is 4.73. The Kier molecular flexibility index (Phi) is 8.07. The Morgan fingerprint density at radius 2 is 1.68 bits per heavy atom. The molecule has 1 aliphatic heterocycles. The van der Waals surface area contributed by atoms with Crippen molar-refractivity contribution in [3.05, 3.63) is 0 Å². The van der Waals surface area contributed by atoms with Gasteiger partial charge in [0.1, 0.15) is 0 Å². The minimum absolute atomic E-state index is 0.140. The maximum absolute atomic E-state index is 12.7. The molecule has 5 heteroatoms. The van der Waals surface area contributed by atoms with E-state index in [0.717, 1.165) is 32.5 Å². The van der Waals surface area contributed by atoms with Crippen LogP contribution in [0.1, 0.15) is 67.2 Å². The summed E-state index contributed by atoms with van der Waals surface area (Å²) < 4.78 is 0. The monoisotopic (exact) mass is 353 g/mol. The number of Topliss-reactive ketones (excluding diaryl/α,β-unsaturated/α-hetero) is 1. The molecule has 1 atom stereocenters. The summed E-state index contributed by atoms with van der Waals surface area (Å²) in [6.07, 6.45) is 3.24. The van der Waals surface area contributed by atoms with Crippen LogP contribution in [0, 0.1) is 11.3 Å². The Morgan fingerprint density at radius 3 is 2.16 bits per heavy atom. The van der Waals surface area contributed by atoms with Crippen molar-refractivity contribution >= 4 is 11.7 Å². The molecule has 1 heterocycles. The number of ketones is 1. The number of nitrogens with one attached hydrogen (secondary N) is 2. The lowest BCUT2D eigenvalue weighted by Crippen LogP contribution is -2.51. The molecule has 0 aromatic heterocycles. The molecular formula is C20H39N3O2.